The van der Waals surface area contributed by atoms with Crippen molar-refractivity contribution in [3.63, 3.8) is 0 Å². The SMILES string of the molecule is COc1ccc2nc(C(F)(F)F)n(CC(=O)N3CCS(=O)(=O)C[C@@H]3c3ncc(-c4cc5ccccc5nc4OC)[nH]3)c2c1.COc1ccc2nc(C(F)(F)F)n(CC(=O)N3CCS(=O)(=O)C[C@H]3c3ncc(-c4cc5ccccc5nc4OC)[nH]3)c2c1. The molecule has 2 N–H and O–H groups in total. The quantitative estimate of drug-likeness (QED) is 0.110. The number of rotatable bonds is 12. The van der Waals surface area contributed by atoms with Gasteiger partial charge in [-0.15, -0.1) is 0 Å². The van der Waals surface area contributed by atoms with Crippen molar-refractivity contribution in [2.75, 3.05) is 64.5 Å². The van der Waals surface area contributed by atoms with Gasteiger partial charge >= 0.3 is 12.4 Å². The summed E-state index contributed by atoms with van der Waals surface area (Å²) in [6.45, 7) is -1.91. The molecule has 4 aromatic carbocycles. The lowest BCUT2D eigenvalue weighted by molar-refractivity contribution is -0.149. The van der Waals surface area contributed by atoms with Crippen molar-refractivity contribution in [2.24, 2.45) is 0 Å². The van der Waals surface area contributed by atoms with Crippen LogP contribution in [0.4, 0.5) is 26.3 Å². The summed E-state index contributed by atoms with van der Waals surface area (Å²) in [5.74, 6) is -4.02. The van der Waals surface area contributed by atoms with Crippen LogP contribution in [0.15, 0.2) is 109 Å². The normalized spacial score (nSPS) is 17.0. The number of carbonyl (C=O) groups is 2. The van der Waals surface area contributed by atoms with Crippen LogP contribution < -0.4 is 18.9 Å². The van der Waals surface area contributed by atoms with Crippen LogP contribution >= 0.6 is 0 Å². The van der Waals surface area contributed by atoms with E-state index in [0.717, 1.165) is 19.9 Å². The van der Waals surface area contributed by atoms with Crippen LogP contribution in [0.2, 0.25) is 0 Å². The van der Waals surface area contributed by atoms with E-state index in [2.05, 4.69) is 39.9 Å². The van der Waals surface area contributed by atoms with Crippen LogP contribution in [-0.4, -0.2) is 152 Å². The highest BCUT2D eigenvalue weighted by molar-refractivity contribution is 7.91. The molecule has 6 aromatic heterocycles. The number of halogens is 6. The van der Waals surface area contributed by atoms with E-state index in [1.165, 1.54) is 87.0 Å². The smallest absolute Gasteiger partial charge is 0.449 e. The van der Waals surface area contributed by atoms with Gasteiger partial charge in [0.15, 0.2) is 19.7 Å². The van der Waals surface area contributed by atoms with Gasteiger partial charge in [-0.2, -0.15) is 26.3 Å². The first kappa shape index (κ1) is 58.5. The van der Waals surface area contributed by atoms with Crippen molar-refractivity contribution >= 4 is 75.4 Å². The summed E-state index contributed by atoms with van der Waals surface area (Å²) in [6, 6.07) is 24.8. The Labute approximate surface area is 484 Å². The van der Waals surface area contributed by atoms with E-state index in [4.69, 9.17) is 18.9 Å². The molecule has 30 heteroatoms. The Hall–Kier alpha value is -9.32. The van der Waals surface area contributed by atoms with Crippen molar-refractivity contribution in [1.82, 2.24) is 58.8 Å². The van der Waals surface area contributed by atoms with E-state index < -0.39 is 92.2 Å². The summed E-state index contributed by atoms with van der Waals surface area (Å²) in [6.07, 6.45) is -6.74. The number of alkyl halides is 6. The fraction of sp³-hybridized carbons (Fsp3) is 0.286. The Morgan fingerprint density at radius 1 is 0.535 bits per heavy atom. The second kappa shape index (κ2) is 22.6. The van der Waals surface area contributed by atoms with E-state index in [9.17, 15) is 52.8 Å². The number of nitrogens with one attached hydrogen (secondary N) is 2. The molecule has 12 rings (SSSR count). The Morgan fingerprint density at radius 2 is 0.930 bits per heavy atom. The molecule has 0 spiro atoms. The minimum absolute atomic E-state index is 0.0346. The van der Waals surface area contributed by atoms with Crippen LogP contribution in [-0.2, 0) is 54.7 Å². The van der Waals surface area contributed by atoms with E-state index in [1.807, 2.05) is 60.7 Å². The lowest BCUT2D eigenvalue weighted by Gasteiger charge is -2.34. The van der Waals surface area contributed by atoms with Gasteiger partial charge in [0.05, 0.1) is 119 Å². The van der Waals surface area contributed by atoms with E-state index in [1.54, 1.807) is 0 Å². The average Bonchev–Trinajstić information content (AvgIpc) is 1.85. The fourth-order valence-corrected chi connectivity index (χ4v) is 13.4. The molecule has 10 aromatic rings. The van der Waals surface area contributed by atoms with Gasteiger partial charge < -0.3 is 47.8 Å². The Kier molecular flexibility index (Phi) is 15.4. The molecule has 0 aliphatic carbocycles. The number of sulfone groups is 2. The van der Waals surface area contributed by atoms with Crippen molar-refractivity contribution in [3.05, 3.63) is 133 Å². The first-order valence-electron chi connectivity index (χ1n) is 26.2. The summed E-state index contributed by atoms with van der Waals surface area (Å²) in [7, 11) is -1.49. The largest absolute Gasteiger partial charge is 0.497 e. The van der Waals surface area contributed by atoms with E-state index in [-0.39, 0.29) is 58.3 Å². The lowest BCUT2D eigenvalue weighted by Crippen LogP contribution is -2.47. The molecule has 2 saturated heterocycles. The van der Waals surface area contributed by atoms with Crippen molar-refractivity contribution in [1.29, 1.82) is 0 Å². The van der Waals surface area contributed by atoms with Crippen LogP contribution in [0.25, 0.3) is 66.4 Å². The summed E-state index contributed by atoms with van der Waals surface area (Å²) in [5.41, 5.74) is 3.64. The van der Waals surface area contributed by atoms with Gasteiger partial charge in [-0.25, -0.2) is 46.7 Å². The number of ether oxygens (including phenoxy) is 4. The van der Waals surface area contributed by atoms with Crippen molar-refractivity contribution in [3.8, 4) is 45.8 Å². The molecular weight excluding hydrogens is 1180 g/mol. The van der Waals surface area contributed by atoms with Gasteiger partial charge in [-0.3, -0.25) is 9.59 Å². The number of carbonyl (C=O) groups excluding carboxylic acids is 2. The monoisotopic (exact) mass is 1230 g/mol. The summed E-state index contributed by atoms with van der Waals surface area (Å²) in [4.78, 5) is 61.3. The third kappa shape index (κ3) is 11.6. The minimum atomic E-state index is -4.85. The number of imidazole rings is 4. The number of H-pyrrole nitrogens is 2. The van der Waals surface area contributed by atoms with Crippen molar-refractivity contribution in [2.45, 2.75) is 37.5 Å². The van der Waals surface area contributed by atoms with Gasteiger partial charge in [0, 0.05) is 36.0 Å². The molecule has 0 bridgehead atoms. The molecule has 2 aliphatic heterocycles. The molecule has 0 radical (unpaired) electrons. The highest BCUT2D eigenvalue weighted by Gasteiger charge is 2.43. The molecule has 8 heterocycles. The standard InChI is InChI=1S/2C28H25F3N6O5S/c2*1-41-17-7-8-20-22(12-17)37(27(35-20)28(29,30)31)14-24(38)36-9-10-43(39,40)15-23(36)25-32-13-21(33-25)18-11-16-5-3-4-6-19(16)34-26(18)42-2/h2*3-8,11-13,23H,9-10,14-15H2,1-2H3,(H,32,33)/t2*23-/m10/s1. The highest BCUT2D eigenvalue weighted by Crippen LogP contribution is 2.39. The Balaban J connectivity index is 0.000000179. The third-order valence-corrected chi connectivity index (χ3v) is 17.9. The predicted molar refractivity (Wildman–Crippen MR) is 301 cm³/mol. The molecule has 2 atom stereocenters. The molecular formula is C56H50F6N12O10S2. The number of amides is 2. The van der Waals surface area contributed by atoms with Crippen LogP contribution in [0, 0.1) is 0 Å². The summed E-state index contributed by atoms with van der Waals surface area (Å²) in [5, 5.41) is 1.66. The molecule has 86 heavy (non-hydrogen) atoms. The number of pyridine rings is 2. The molecule has 22 nitrogen and oxygen atoms in total. The molecule has 0 saturated carbocycles. The number of aromatic amines is 2. The van der Waals surface area contributed by atoms with Gasteiger partial charge in [-0.05, 0) is 48.5 Å². The van der Waals surface area contributed by atoms with Gasteiger partial charge in [0.2, 0.25) is 35.2 Å². The second-order valence-electron chi connectivity index (χ2n) is 20.0. The number of methoxy groups -OCH3 is 4. The predicted octanol–water partition coefficient (Wildman–Crippen LogP) is 8.02. The molecule has 0 unspecified atom stereocenters. The average molecular weight is 1230 g/mol. The lowest BCUT2D eigenvalue weighted by atomic mass is 10.1. The number of aromatic nitrogens is 10. The summed E-state index contributed by atoms with van der Waals surface area (Å²) < 4.78 is 157. The Morgan fingerprint density at radius 3 is 1.30 bits per heavy atom. The topological polar surface area (TPSA) is 265 Å². The summed E-state index contributed by atoms with van der Waals surface area (Å²) >= 11 is 0. The van der Waals surface area contributed by atoms with Gasteiger partial charge in [-0.1, -0.05) is 36.4 Å². The Bertz CT molecular complexity index is 4230. The van der Waals surface area contributed by atoms with E-state index in [0.29, 0.717) is 56.8 Å². The first-order valence-corrected chi connectivity index (χ1v) is 29.8. The second-order valence-corrected chi connectivity index (χ2v) is 24.5. The number of fused-ring (bicyclic) bond motifs is 4. The molecule has 2 aliphatic rings. The van der Waals surface area contributed by atoms with Crippen LogP contribution in [0.5, 0.6) is 23.3 Å². The number of benzene rings is 4. The highest BCUT2D eigenvalue weighted by atomic mass is 32.2. The van der Waals surface area contributed by atoms with Gasteiger partial charge in [0.1, 0.15) is 48.3 Å². The third-order valence-electron chi connectivity index (χ3n) is 14.7. The maximum Gasteiger partial charge on any atom is 0.449 e. The van der Waals surface area contributed by atoms with E-state index >= 15 is 0 Å². The number of hydrogen-bond acceptors (Lipinski definition) is 16. The zero-order chi connectivity index (χ0) is 61.0. The van der Waals surface area contributed by atoms with Crippen LogP contribution in [0.1, 0.15) is 35.4 Å². The first-order chi connectivity index (χ1) is 40.9. The molecule has 448 valence electrons. The molecule has 2 amide bonds. The number of nitrogens with zero attached hydrogens (tertiary/aromatic N) is 10. The zero-order valence-electron chi connectivity index (χ0n) is 45.8. The maximum absolute atomic E-state index is 14.0. The minimum Gasteiger partial charge on any atom is -0.497 e. The molecule has 2 fully saturated rings. The fourth-order valence-electron chi connectivity index (χ4n) is 10.5. The van der Waals surface area contributed by atoms with Crippen molar-refractivity contribution < 1.29 is 71.7 Å². The number of hydrogen-bond donors (Lipinski definition) is 2. The zero-order valence-corrected chi connectivity index (χ0v) is 47.5. The maximum atomic E-state index is 14.0. The number of para-hydroxylation sites is 2. The van der Waals surface area contributed by atoms with Gasteiger partial charge in [0.25, 0.3) is 0 Å². The van der Waals surface area contributed by atoms with Crippen LogP contribution in [0.3, 0.4) is 0 Å².